The molecule has 0 aliphatic heterocycles. The highest BCUT2D eigenvalue weighted by molar-refractivity contribution is 5.93. The van der Waals surface area contributed by atoms with Crippen LogP contribution in [0.4, 0.5) is 0 Å². The molecule has 0 unspecified atom stereocenters. The normalized spacial score (nSPS) is 9.93. The topological polar surface area (TPSA) is 70.8 Å². The quantitative estimate of drug-likeness (QED) is 0.794. The SMILES string of the molecule is CCCN(CC(=O)O)C(=O)c1ccco1. The highest BCUT2D eigenvalue weighted by Gasteiger charge is 2.19. The van der Waals surface area contributed by atoms with Crippen molar-refractivity contribution < 1.29 is 19.1 Å². The van der Waals surface area contributed by atoms with E-state index < -0.39 is 5.97 Å². The van der Waals surface area contributed by atoms with Gasteiger partial charge in [0.05, 0.1) is 6.26 Å². The molecular formula is C10H13NO4. The summed E-state index contributed by atoms with van der Waals surface area (Å²) >= 11 is 0. The third-order valence-electron chi connectivity index (χ3n) is 1.84. The fraction of sp³-hybridized carbons (Fsp3) is 0.400. The van der Waals surface area contributed by atoms with Gasteiger partial charge in [0.15, 0.2) is 5.76 Å². The molecule has 0 bridgehead atoms. The van der Waals surface area contributed by atoms with Gasteiger partial charge in [0.2, 0.25) is 0 Å². The zero-order valence-electron chi connectivity index (χ0n) is 8.47. The molecule has 1 aromatic rings. The first-order chi connectivity index (χ1) is 7.15. The molecule has 1 amide bonds. The first-order valence-corrected chi connectivity index (χ1v) is 4.69. The Labute approximate surface area is 87.3 Å². The molecular weight excluding hydrogens is 198 g/mol. The van der Waals surface area contributed by atoms with Crippen molar-refractivity contribution in [3.63, 3.8) is 0 Å². The summed E-state index contributed by atoms with van der Waals surface area (Å²) in [5, 5.41) is 8.63. The van der Waals surface area contributed by atoms with Crippen molar-refractivity contribution in [2.45, 2.75) is 13.3 Å². The lowest BCUT2D eigenvalue weighted by Crippen LogP contribution is -2.36. The van der Waals surface area contributed by atoms with Crippen LogP contribution in [0.3, 0.4) is 0 Å². The second kappa shape index (κ2) is 5.19. The summed E-state index contributed by atoms with van der Waals surface area (Å²) in [6.45, 7) is 1.99. The van der Waals surface area contributed by atoms with Gasteiger partial charge >= 0.3 is 5.97 Å². The van der Waals surface area contributed by atoms with Crippen LogP contribution < -0.4 is 0 Å². The van der Waals surface area contributed by atoms with Crippen molar-refractivity contribution in [3.8, 4) is 0 Å². The van der Waals surface area contributed by atoms with E-state index in [4.69, 9.17) is 9.52 Å². The number of carboxylic acids is 1. The lowest BCUT2D eigenvalue weighted by atomic mass is 10.3. The summed E-state index contributed by atoms with van der Waals surface area (Å²) in [5.74, 6) is -1.24. The van der Waals surface area contributed by atoms with Gasteiger partial charge in [-0.25, -0.2) is 0 Å². The summed E-state index contributed by atoms with van der Waals surface area (Å²) in [6.07, 6.45) is 2.10. The van der Waals surface area contributed by atoms with Gasteiger partial charge in [0, 0.05) is 6.54 Å². The zero-order chi connectivity index (χ0) is 11.3. The number of aliphatic carboxylic acids is 1. The van der Waals surface area contributed by atoms with E-state index in [1.54, 1.807) is 6.07 Å². The van der Waals surface area contributed by atoms with E-state index in [9.17, 15) is 9.59 Å². The second-order valence-corrected chi connectivity index (χ2v) is 3.10. The van der Waals surface area contributed by atoms with Crippen LogP contribution in [-0.4, -0.2) is 35.0 Å². The number of rotatable bonds is 5. The summed E-state index contributed by atoms with van der Waals surface area (Å²) in [4.78, 5) is 23.5. The number of nitrogens with zero attached hydrogens (tertiary/aromatic N) is 1. The van der Waals surface area contributed by atoms with Crippen LogP contribution in [0.5, 0.6) is 0 Å². The van der Waals surface area contributed by atoms with Gasteiger partial charge in [-0.1, -0.05) is 6.92 Å². The Morgan fingerprint density at radius 3 is 2.73 bits per heavy atom. The molecule has 1 aromatic heterocycles. The fourth-order valence-electron chi connectivity index (χ4n) is 1.24. The van der Waals surface area contributed by atoms with Crippen molar-refractivity contribution in [2.24, 2.45) is 0 Å². The molecule has 0 atom stereocenters. The Kier molecular flexibility index (Phi) is 3.91. The molecule has 0 fully saturated rings. The average molecular weight is 211 g/mol. The van der Waals surface area contributed by atoms with Crippen molar-refractivity contribution >= 4 is 11.9 Å². The lowest BCUT2D eigenvalue weighted by molar-refractivity contribution is -0.137. The molecule has 0 saturated carbocycles. The first-order valence-electron chi connectivity index (χ1n) is 4.69. The Bertz CT molecular complexity index is 331. The van der Waals surface area contributed by atoms with Gasteiger partial charge in [0.1, 0.15) is 6.54 Å². The van der Waals surface area contributed by atoms with Crippen molar-refractivity contribution in [1.82, 2.24) is 4.90 Å². The second-order valence-electron chi connectivity index (χ2n) is 3.10. The van der Waals surface area contributed by atoms with Crippen LogP contribution in [0, 0.1) is 0 Å². The van der Waals surface area contributed by atoms with Gasteiger partial charge in [0.25, 0.3) is 5.91 Å². The number of carbonyl (C=O) groups is 2. The molecule has 15 heavy (non-hydrogen) atoms. The first kappa shape index (κ1) is 11.3. The van der Waals surface area contributed by atoms with Crippen LogP contribution in [0.15, 0.2) is 22.8 Å². The summed E-state index contributed by atoms with van der Waals surface area (Å²) in [7, 11) is 0. The Morgan fingerprint density at radius 2 is 2.27 bits per heavy atom. The zero-order valence-corrected chi connectivity index (χ0v) is 8.47. The van der Waals surface area contributed by atoms with Crippen LogP contribution >= 0.6 is 0 Å². The lowest BCUT2D eigenvalue weighted by Gasteiger charge is -2.18. The maximum absolute atomic E-state index is 11.7. The van der Waals surface area contributed by atoms with E-state index in [-0.39, 0.29) is 18.2 Å². The molecule has 5 nitrogen and oxygen atoms in total. The van der Waals surface area contributed by atoms with Gasteiger partial charge in [-0.2, -0.15) is 0 Å². The van der Waals surface area contributed by atoms with E-state index >= 15 is 0 Å². The molecule has 1 heterocycles. The smallest absolute Gasteiger partial charge is 0.323 e. The van der Waals surface area contributed by atoms with E-state index in [2.05, 4.69) is 0 Å². The van der Waals surface area contributed by atoms with Gasteiger partial charge < -0.3 is 14.4 Å². The van der Waals surface area contributed by atoms with Crippen molar-refractivity contribution in [1.29, 1.82) is 0 Å². The standard InChI is InChI=1S/C10H13NO4/c1-2-5-11(7-9(12)13)10(14)8-4-3-6-15-8/h3-4,6H,2,5,7H2,1H3,(H,12,13). The minimum absolute atomic E-state index is 0.171. The number of furan rings is 1. The largest absolute Gasteiger partial charge is 0.480 e. The van der Waals surface area contributed by atoms with E-state index in [0.29, 0.717) is 13.0 Å². The molecule has 1 N–H and O–H groups in total. The monoisotopic (exact) mass is 211 g/mol. The van der Waals surface area contributed by atoms with E-state index in [1.165, 1.54) is 17.2 Å². The minimum Gasteiger partial charge on any atom is -0.480 e. The molecule has 0 aliphatic rings. The number of carboxylic acid groups (broad SMARTS) is 1. The number of hydrogen-bond donors (Lipinski definition) is 1. The molecule has 0 radical (unpaired) electrons. The molecule has 0 aliphatic carbocycles. The minimum atomic E-state index is -1.02. The average Bonchev–Trinajstić information content (AvgIpc) is 2.68. The van der Waals surface area contributed by atoms with E-state index in [1.807, 2.05) is 6.92 Å². The predicted octanol–water partition coefficient (Wildman–Crippen LogP) is 1.22. The van der Waals surface area contributed by atoms with Crippen molar-refractivity contribution in [3.05, 3.63) is 24.2 Å². The molecule has 0 spiro atoms. The van der Waals surface area contributed by atoms with Crippen molar-refractivity contribution in [2.75, 3.05) is 13.1 Å². The van der Waals surface area contributed by atoms with E-state index in [0.717, 1.165) is 0 Å². The van der Waals surface area contributed by atoms with Crippen LogP contribution in [0.2, 0.25) is 0 Å². The highest BCUT2D eigenvalue weighted by Crippen LogP contribution is 2.06. The van der Waals surface area contributed by atoms with Gasteiger partial charge in [-0.15, -0.1) is 0 Å². The summed E-state index contributed by atoms with van der Waals surface area (Å²) in [5.41, 5.74) is 0. The molecule has 1 rings (SSSR count). The number of amides is 1. The Balaban J connectivity index is 2.71. The number of hydrogen-bond acceptors (Lipinski definition) is 3. The van der Waals surface area contributed by atoms with Crippen LogP contribution in [0.25, 0.3) is 0 Å². The maximum atomic E-state index is 11.7. The predicted molar refractivity (Wildman–Crippen MR) is 52.5 cm³/mol. The van der Waals surface area contributed by atoms with Gasteiger partial charge in [-0.05, 0) is 18.6 Å². The third kappa shape index (κ3) is 3.12. The number of carbonyl (C=O) groups excluding carboxylic acids is 1. The molecule has 0 aromatic carbocycles. The highest BCUT2D eigenvalue weighted by atomic mass is 16.4. The Hall–Kier alpha value is -1.78. The maximum Gasteiger partial charge on any atom is 0.323 e. The third-order valence-corrected chi connectivity index (χ3v) is 1.84. The molecule has 0 saturated heterocycles. The molecule has 82 valence electrons. The summed E-state index contributed by atoms with van der Waals surface area (Å²) < 4.78 is 4.92. The van der Waals surface area contributed by atoms with Crippen LogP contribution in [0.1, 0.15) is 23.9 Å². The van der Waals surface area contributed by atoms with Crippen LogP contribution in [-0.2, 0) is 4.79 Å². The summed E-state index contributed by atoms with van der Waals surface area (Å²) in [6, 6.07) is 3.12. The fourth-order valence-corrected chi connectivity index (χ4v) is 1.24. The van der Waals surface area contributed by atoms with Gasteiger partial charge in [-0.3, -0.25) is 9.59 Å². The molecule has 5 heteroatoms. The Morgan fingerprint density at radius 1 is 1.53 bits per heavy atom.